The third-order valence-corrected chi connectivity index (χ3v) is 3.70. The van der Waals surface area contributed by atoms with Crippen molar-refractivity contribution < 1.29 is 0 Å². The van der Waals surface area contributed by atoms with E-state index in [1.54, 1.807) is 0 Å². The molecule has 1 aliphatic rings. The van der Waals surface area contributed by atoms with Crippen LogP contribution >= 0.6 is 0 Å². The second-order valence-electron chi connectivity index (χ2n) is 5.02. The van der Waals surface area contributed by atoms with Crippen molar-refractivity contribution >= 4 is 0 Å². The third kappa shape index (κ3) is 2.31. The van der Waals surface area contributed by atoms with E-state index >= 15 is 0 Å². The summed E-state index contributed by atoms with van der Waals surface area (Å²) in [6.45, 7) is 1.02. The first kappa shape index (κ1) is 11.5. The van der Waals surface area contributed by atoms with Crippen LogP contribution in [-0.2, 0) is 19.9 Å². The quantitative estimate of drug-likeness (QED) is 0.889. The molecule has 0 saturated carbocycles. The van der Waals surface area contributed by atoms with E-state index in [0.29, 0.717) is 6.04 Å². The van der Waals surface area contributed by atoms with Gasteiger partial charge in [0.1, 0.15) is 0 Å². The SMILES string of the molecule is Cn1cc(CCNC2CCc3ccccc32)cn1. The van der Waals surface area contributed by atoms with E-state index in [2.05, 4.69) is 40.9 Å². The van der Waals surface area contributed by atoms with Crippen molar-refractivity contribution in [1.29, 1.82) is 0 Å². The molecule has 94 valence electrons. The molecule has 0 saturated heterocycles. The minimum atomic E-state index is 0.540. The van der Waals surface area contributed by atoms with E-state index in [9.17, 15) is 0 Å². The number of benzene rings is 1. The van der Waals surface area contributed by atoms with Crippen LogP contribution in [0.2, 0.25) is 0 Å². The Balaban J connectivity index is 1.56. The van der Waals surface area contributed by atoms with E-state index in [4.69, 9.17) is 0 Å². The Morgan fingerprint density at radius 2 is 2.28 bits per heavy atom. The Labute approximate surface area is 108 Å². The lowest BCUT2D eigenvalue weighted by Gasteiger charge is -2.13. The minimum absolute atomic E-state index is 0.540. The van der Waals surface area contributed by atoms with E-state index < -0.39 is 0 Å². The van der Waals surface area contributed by atoms with Gasteiger partial charge in [-0.05, 0) is 42.5 Å². The lowest BCUT2D eigenvalue weighted by atomic mass is 10.1. The van der Waals surface area contributed by atoms with Crippen LogP contribution in [0.25, 0.3) is 0 Å². The van der Waals surface area contributed by atoms with Gasteiger partial charge in [0.15, 0.2) is 0 Å². The van der Waals surface area contributed by atoms with Gasteiger partial charge in [-0.15, -0.1) is 0 Å². The highest BCUT2D eigenvalue weighted by atomic mass is 15.2. The second kappa shape index (κ2) is 4.94. The highest BCUT2D eigenvalue weighted by Gasteiger charge is 2.20. The summed E-state index contributed by atoms with van der Waals surface area (Å²) in [7, 11) is 1.96. The smallest absolute Gasteiger partial charge is 0.0522 e. The summed E-state index contributed by atoms with van der Waals surface area (Å²) >= 11 is 0. The molecule has 3 heteroatoms. The summed E-state index contributed by atoms with van der Waals surface area (Å²) in [5, 5.41) is 7.85. The molecule has 0 fully saturated rings. The van der Waals surface area contributed by atoms with Gasteiger partial charge in [-0.3, -0.25) is 4.68 Å². The molecule has 1 aromatic carbocycles. The van der Waals surface area contributed by atoms with Gasteiger partial charge in [0.25, 0.3) is 0 Å². The van der Waals surface area contributed by atoms with Gasteiger partial charge in [-0.2, -0.15) is 5.10 Å². The van der Waals surface area contributed by atoms with Gasteiger partial charge in [0, 0.05) is 19.3 Å². The van der Waals surface area contributed by atoms with Gasteiger partial charge >= 0.3 is 0 Å². The maximum Gasteiger partial charge on any atom is 0.0522 e. The predicted octanol–water partition coefficient (Wildman–Crippen LogP) is 2.24. The molecule has 1 atom stereocenters. The van der Waals surface area contributed by atoms with Gasteiger partial charge in [0.05, 0.1) is 6.20 Å². The van der Waals surface area contributed by atoms with Crippen LogP contribution in [-0.4, -0.2) is 16.3 Å². The topological polar surface area (TPSA) is 29.9 Å². The number of fused-ring (bicyclic) bond motifs is 1. The maximum atomic E-state index is 4.19. The van der Waals surface area contributed by atoms with Gasteiger partial charge in [0.2, 0.25) is 0 Å². The molecule has 2 aromatic rings. The Morgan fingerprint density at radius 3 is 3.11 bits per heavy atom. The summed E-state index contributed by atoms with van der Waals surface area (Å²) in [4.78, 5) is 0. The van der Waals surface area contributed by atoms with Crippen molar-refractivity contribution in [2.75, 3.05) is 6.54 Å². The van der Waals surface area contributed by atoms with Crippen LogP contribution in [0, 0.1) is 0 Å². The number of nitrogens with zero attached hydrogens (tertiary/aromatic N) is 2. The lowest BCUT2D eigenvalue weighted by Crippen LogP contribution is -2.21. The van der Waals surface area contributed by atoms with Crippen molar-refractivity contribution in [3.05, 3.63) is 53.3 Å². The maximum absolute atomic E-state index is 4.19. The first-order valence-electron chi connectivity index (χ1n) is 6.61. The molecule has 1 aliphatic carbocycles. The highest BCUT2D eigenvalue weighted by molar-refractivity contribution is 5.34. The highest BCUT2D eigenvalue weighted by Crippen LogP contribution is 2.30. The molecule has 0 bridgehead atoms. The number of hydrogen-bond donors (Lipinski definition) is 1. The fourth-order valence-electron chi connectivity index (χ4n) is 2.76. The third-order valence-electron chi connectivity index (χ3n) is 3.70. The van der Waals surface area contributed by atoms with E-state index in [0.717, 1.165) is 13.0 Å². The molecule has 18 heavy (non-hydrogen) atoms. The van der Waals surface area contributed by atoms with Crippen LogP contribution < -0.4 is 5.32 Å². The monoisotopic (exact) mass is 241 g/mol. The van der Waals surface area contributed by atoms with Gasteiger partial charge in [-0.25, -0.2) is 0 Å². The molecule has 1 heterocycles. The lowest BCUT2D eigenvalue weighted by molar-refractivity contribution is 0.533. The standard InChI is InChI=1S/C15H19N3/c1-18-11-12(10-17-18)8-9-16-15-7-6-13-4-2-3-5-14(13)15/h2-5,10-11,15-16H,6-9H2,1H3. The fourth-order valence-corrected chi connectivity index (χ4v) is 2.76. The summed E-state index contributed by atoms with van der Waals surface area (Å²) < 4.78 is 1.86. The zero-order chi connectivity index (χ0) is 12.4. The molecule has 0 radical (unpaired) electrons. The molecular formula is C15H19N3. The van der Waals surface area contributed by atoms with Crippen LogP contribution in [0.5, 0.6) is 0 Å². The van der Waals surface area contributed by atoms with Gasteiger partial charge in [-0.1, -0.05) is 24.3 Å². The summed E-state index contributed by atoms with van der Waals surface area (Å²) in [5.41, 5.74) is 4.30. The Kier molecular flexibility index (Phi) is 3.15. The molecule has 0 amide bonds. The van der Waals surface area contributed by atoms with Crippen LogP contribution in [0.15, 0.2) is 36.7 Å². The van der Waals surface area contributed by atoms with Crippen molar-refractivity contribution in [2.24, 2.45) is 7.05 Å². The number of aryl methyl sites for hydroxylation is 2. The Hall–Kier alpha value is -1.61. The van der Waals surface area contributed by atoms with Crippen LogP contribution in [0.3, 0.4) is 0 Å². The molecule has 1 unspecified atom stereocenters. The van der Waals surface area contributed by atoms with Crippen molar-refractivity contribution in [3.63, 3.8) is 0 Å². The minimum Gasteiger partial charge on any atom is -0.310 e. The zero-order valence-corrected chi connectivity index (χ0v) is 10.8. The van der Waals surface area contributed by atoms with E-state index in [1.165, 1.54) is 29.5 Å². The first-order valence-corrected chi connectivity index (χ1v) is 6.61. The summed E-state index contributed by atoms with van der Waals surface area (Å²) in [6, 6.07) is 9.32. The Morgan fingerprint density at radius 1 is 1.39 bits per heavy atom. The van der Waals surface area contributed by atoms with Crippen molar-refractivity contribution in [3.8, 4) is 0 Å². The number of aromatic nitrogens is 2. The molecular weight excluding hydrogens is 222 g/mol. The Bertz CT molecular complexity index is 530. The zero-order valence-electron chi connectivity index (χ0n) is 10.8. The van der Waals surface area contributed by atoms with Gasteiger partial charge < -0.3 is 5.32 Å². The van der Waals surface area contributed by atoms with Crippen LogP contribution in [0.4, 0.5) is 0 Å². The summed E-state index contributed by atoms with van der Waals surface area (Å²) in [6.07, 6.45) is 7.52. The fraction of sp³-hybridized carbons (Fsp3) is 0.400. The molecule has 0 spiro atoms. The molecule has 1 aromatic heterocycles. The van der Waals surface area contributed by atoms with Crippen molar-refractivity contribution in [2.45, 2.75) is 25.3 Å². The number of rotatable bonds is 4. The van der Waals surface area contributed by atoms with E-state index in [1.807, 2.05) is 17.9 Å². The number of nitrogens with one attached hydrogen (secondary N) is 1. The van der Waals surface area contributed by atoms with E-state index in [-0.39, 0.29) is 0 Å². The van der Waals surface area contributed by atoms with Crippen LogP contribution in [0.1, 0.15) is 29.2 Å². The number of hydrogen-bond acceptors (Lipinski definition) is 2. The normalized spacial score (nSPS) is 17.9. The average molecular weight is 241 g/mol. The molecule has 0 aliphatic heterocycles. The molecule has 1 N–H and O–H groups in total. The largest absolute Gasteiger partial charge is 0.310 e. The van der Waals surface area contributed by atoms with Crippen molar-refractivity contribution in [1.82, 2.24) is 15.1 Å². The predicted molar refractivity (Wildman–Crippen MR) is 72.4 cm³/mol. The molecule has 3 rings (SSSR count). The molecule has 3 nitrogen and oxygen atoms in total. The first-order chi connectivity index (χ1) is 8.83. The average Bonchev–Trinajstić information content (AvgIpc) is 2.97. The second-order valence-corrected chi connectivity index (χ2v) is 5.02. The summed E-state index contributed by atoms with van der Waals surface area (Å²) in [5.74, 6) is 0.